The van der Waals surface area contributed by atoms with Gasteiger partial charge in [0.1, 0.15) is 5.82 Å². The molecule has 0 N–H and O–H groups in total. The minimum absolute atomic E-state index is 0.238. The fraction of sp³-hybridized carbons (Fsp3) is 0.550. The molecule has 5 nitrogen and oxygen atoms in total. The summed E-state index contributed by atoms with van der Waals surface area (Å²) in [5.74, 6) is 1.75. The second kappa shape index (κ2) is 8.79. The van der Waals surface area contributed by atoms with E-state index in [1.165, 1.54) is 12.8 Å². The summed E-state index contributed by atoms with van der Waals surface area (Å²) >= 11 is 0. The Hall–Kier alpha value is -2.17. The third-order valence-electron chi connectivity index (χ3n) is 4.96. The van der Waals surface area contributed by atoms with Gasteiger partial charge >= 0.3 is 0 Å². The van der Waals surface area contributed by atoms with Crippen molar-refractivity contribution in [1.82, 2.24) is 19.4 Å². The number of nitrogens with zero attached hydrogens (tertiary/aromatic N) is 4. The van der Waals surface area contributed by atoms with Crippen LogP contribution < -0.4 is 0 Å². The van der Waals surface area contributed by atoms with Crippen LogP contribution in [0.4, 0.5) is 0 Å². The predicted octanol–water partition coefficient (Wildman–Crippen LogP) is 3.42. The third kappa shape index (κ3) is 4.68. The van der Waals surface area contributed by atoms with E-state index in [9.17, 15) is 4.79 Å². The van der Waals surface area contributed by atoms with Crippen molar-refractivity contribution in [3.05, 3.63) is 48.3 Å². The standard InChI is InChI=1S/C20H28N4O/c1-2-3-13-23-15-12-22-20(23)17-7-6-14-24(16-17)19(25)10-9-18-8-4-5-11-21-18/h4-5,8,11-12,15,17H,2-3,6-7,9-10,13-14,16H2,1H3/t17-/m1/s1. The van der Waals surface area contributed by atoms with Gasteiger partial charge in [-0.3, -0.25) is 9.78 Å². The number of hydrogen-bond donors (Lipinski definition) is 0. The zero-order valence-electron chi connectivity index (χ0n) is 15.1. The third-order valence-corrected chi connectivity index (χ3v) is 4.96. The van der Waals surface area contributed by atoms with Gasteiger partial charge in [-0.15, -0.1) is 0 Å². The van der Waals surface area contributed by atoms with Gasteiger partial charge in [-0.1, -0.05) is 19.4 Å². The van der Waals surface area contributed by atoms with E-state index in [4.69, 9.17) is 0 Å². The fourth-order valence-corrected chi connectivity index (χ4v) is 3.55. The number of pyridine rings is 1. The van der Waals surface area contributed by atoms with Crippen LogP contribution in [0, 0.1) is 0 Å². The van der Waals surface area contributed by atoms with Crippen molar-refractivity contribution in [3.63, 3.8) is 0 Å². The molecule has 0 radical (unpaired) electrons. The molecule has 1 aliphatic heterocycles. The Bertz CT molecular complexity index is 667. The predicted molar refractivity (Wildman–Crippen MR) is 98.2 cm³/mol. The van der Waals surface area contributed by atoms with Gasteiger partial charge in [0.25, 0.3) is 0 Å². The Labute approximate surface area is 150 Å². The first-order valence-electron chi connectivity index (χ1n) is 9.46. The SMILES string of the molecule is CCCCn1ccnc1[C@@H]1CCCN(C(=O)CCc2ccccn2)C1. The summed E-state index contributed by atoms with van der Waals surface area (Å²) in [4.78, 5) is 23.5. The van der Waals surface area contributed by atoms with Gasteiger partial charge in [0.2, 0.25) is 5.91 Å². The summed E-state index contributed by atoms with van der Waals surface area (Å²) in [7, 11) is 0. The summed E-state index contributed by atoms with van der Waals surface area (Å²) in [6, 6.07) is 5.86. The van der Waals surface area contributed by atoms with Gasteiger partial charge in [-0.25, -0.2) is 4.98 Å². The van der Waals surface area contributed by atoms with E-state index in [-0.39, 0.29) is 5.91 Å². The monoisotopic (exact) mass is 340 g/mol. The molecule has 1 atom stereocenters. The summed E-state index contributed by atoms with van der Waals surface area (Å²) in [5.41, 5.74) is 0.986. The summed E-state index contributed by atoms with van der Waals surface area (Å²) < 4.78 is 2.27. The summed E-state index contributed by atoms with van der Waals surface area (Å²) in [5, 5.41) is 0. The molecule has 1 aliphatic rings. The second-order valence-corrected chi connectivity index (χ2v) is 6.83. The van der Waals surface area contributed by atoms with Crippen LogP contribution in [0.15, 0.2) is 36.8 Å². The van der Waals surface area contributed by atoms with Crippen LogP contribution in [-0.2, 0) is 17.8 Å². The molecule has 0 unspecified atom stereocenters. The number of amides is 1. The Morgan fingerprint density at radius 3 is 3.00 bits per heavy atom. The average molecular weight is 340 g/mol. The highest BCUT2D eigenvalue weighted by molar-refractivity contribution is 5.76. The highest BCUT2D eigenvalue weighted by Crippen LogP contribution is 2.26. The lowest BCUT2D eigenvalue weighted by Gasteiger charge is -2.33. The Morgan fingerprint density at radius 1 is 1.28 bits per heavy atom. The molecule has 134 valence electrons. The van der Waals surface area contributed by atoms with Crippen molar-refractivity contribution in [2.24, 2.45) is 0 Å². The van der Waals surface area contributed by atoms with E-state index in [1.54, 1.807) is 6.20 Å². The quantitative estimate of drug-likeness (QED) is 0.776. The van der Waals surface area contributed by atoms with Crippen molar-refractivity contribution in [2.45, 2.75) is 57.9 Å². The first-order valence-corrected chi connectivity index (χ1v) is 9.46. The van der Waals surface area contributed by atoms with Gasteiger partial charge in [0.05, 0.1) is 0 Å². The topological polar surface area (TPSA) is 51.0 Å². The van der Waals surface area contributed by atoms with Gasteiger partial charge < -0.3 is 9.47 Å². The van der Waals surface area contributed by atoms with E-state index in [0.717, 1.165) is 44.0 Å². The molecule has 0 spiro atoms. The Balaban J connectivity index is 1.57. The van der Waals surface area contributed by atoms with Crippen molar-refractivity contribution >= 4 is 5.91 Å². The lowest BCUT2D eigenvalue weighted by atomic mass is 9.96. The number of aryl methyl sites for hydroxylation is 2. The molecule has 0 bridgehead atoms. The highest BCUT2D eigenvalue weighted by Gasteiger charge is 2.27. The molecular formula is C20H28N4O. The molecule has 2 aromatic rings. The first-order chi connectivity index (χ1) is 12.3. The molecular weight excluding hydrogens is 312 g/mol. The maximum absolute atomic E-state index is 12.6. The Kier molecular flexibility index (Phi) is 6.20. The second-order valence-electron chi connectivity index (χ2n) is 6.83. The van der Waals surface area contributed by atoms with Crippen LogP contribution in [0.3, 0.4) is 0 Å². The zero-order valence-corrected chi connectivity index (χ0v) is 15.1. The molecule has 3 heterocycles. The van der Waals surface area contributed by atoms with Crippen LogP contribution in [0.5, 0.6) is 0 Å². The van der Waals surface area contributed by atoms with Gasteiger partial charge in [-0.05, 0) is 37.8 Å². The minimum atomic E-state index is 0.238. The molecule has 1 fully saturated rings. The average Bonchev–Trinajstić information content (AvgIpc) is 3.14. The van der Waals surface area contributed by atoms with Crippen molar-refractivity contribution in [3.8, 4) is 0 Å². The molecule has 3 rings (SSSR count). The lowest BCUT2D eigenvalue weighted by Crippen LogP contribution is -2.39. The first kappa shape index (κ1) is 17.6. The molecule has 0 saturated carbocycles. The maximum atomic E-state index is 12.6. The number of likely N-dealkylation sites (tertiary alicyclic amines) is 1. The van der Waals surface area contributed by atoms with E-state index >= 15 is 0 Å². The molecule has 2 aromatic heterocycles. The number of unbranched alkanes of at least 4 members (excludes halogenated alkanes) is 1. The van der Waals surface area contributed by atoms with E-state index in [0.29, 0.717) is 18.8 Å². The molecule has 0 aromatic carbocycles. The van der Waals surface area contributed by atoms with E-state index < -0.39 is 0 Å². The Morgan fingerprint density at radius 2 is 2.20 bits per heavy atom. The molecule has 1 amide bonds. The molecule has 5 heteroatoms. The number of hydrogen-bond acceptors (Lipinski definition) is 3. The summed E-state index contributed by atoms with van der Waals surface area (Å²) in [6.07, 6.45) is 11.5. The van der Waals surface area contributed by atoms with E-state index in [2.05, 4.69) is 27.7 Å². The van der Waals surface area contributed by atoms with Crippen LogP contribution >= 0.6 is 0 Å². The van der Waals surface area contributed by atoms with Crippen LogP contribution in [-0.4, -0.2) is 38.4 Å². The normalized spacial score (nSPS) is 17.6. The number of carbonyl (C=O) groups excluding carboxylic acids is 1. The van der Waals surface area contributed by atoms with Crippen LogP contribution in [0.1, 0.15) is 56.5 Å². The fourth-order valence-electron chi connectivity index (χ4n) is 3.55. The zero-order chi connectivity index (χ0) is 17.5. The summed E-state index contributed by atoms with van der Waals surface area (Å²) in [6.45, 7) is 4.90. The highest BCUT2D eigenvalue weighted by atomic mass is 16.2. The maximum Gasteiger partial charge on any atom is 0.222 e. The van der Waals surface area contributed by atoms with Crippen molar-refractivity contribution < 1.29 is 4.79 Å². The van der Waals surface area contributed by atoms with Gasteiger partial charge in [0, 0.05) is 56.3 Å². The van der Waals surface area contributed by atoms with Crippen LogP contribution in [0.2, 0.25) is 0 Å². The lowest BCUT2D eigenvalue weighted by molar-refractivity contribution is -0.132. The minimum Gasteiger partial charge on any atom is -0.342 e. The largest absolute Gasteiger partial charge is 0.342 e. The number of carbonyl (C=O) groups is 1. The van der Waals surface area contributed by atoms with Crippen molar-refractivity contribution in [2.75, 3.05) is 13.1 Å². The van der Waals surface area contributed by atoms with Crippen molar-refractivity contribution in [1.29, 1.82) is 0 Å². The smallest absolute Gasteiger partial charge is 0.222 e. The number of piperidine rings is 1. The van der Waals surface area contributed by atoms with Crippen LogP contribution in [0.25, 0.3) is 0 Å². The molecule has 1 saturated heterocycles. The number of imidazole rings is 1. The molecule has 25 heavy (non-hydrogen) atoms. The number of rotatable bonds is 7. The van der Waals surface area contributed by atoms with E-state index in [1.807, 2.05) is 29.3 Å². The number of aromatic nitrogens is 3. The van der Waals surface area contributed by atoms with Gasteiger partial charge in [0.15, 0.2) is 0 Å². The van der Waals surface area contributed by atoms with Gasteiger partial charge in [-0.2, -0.15) is 0 Å². The molecule has 0 aliphatic carbocycles.